The lowest BCUT2D eigenvalue weighted by molar-refractivity contribution is -0.139. The average Bonchev–Trinajstić information content (AvgIpc) is 2.55. The van der Waals surface area contributed by atoms with E-state index >= 15 is 0 Å². The molecule has 0 radical (unpaired) electrons. The van der Waals surface area contributed by atoms with E-state index in [9.17, 15) is 10.1 Å². The Labute approximate surface area is 141 Å². The molecule has 2 N–H and O–H groups in total. The van der Waals surface area contributed by atoms with Gasteiger partial charge < -0.3 is 19.9 Å². The van der Waals surface area contributed by atoms with Crippen molar-refractivity contribution in [1.29, 1.82) is 5.26 Å². The van der Waals surface area contributed by atoms with Crippen molar-refractivity contribution in [2.45, 2.75) is 26.7 Å². The van der Waals surface area contributed by atoms with Gasteiger partial charge in [-0.15, -0.1) is 0 Å². The van der Waals surface area contributed by atoms with E-state index in [2.05, 4.69) is 0 Å². The van der Waals surface area contributed by atoms with Crippen molar-refractivity contribution >= 4 is 5.97 Å². The summed E-state index contributed by atoms with van der Waals surface area (Å²) < 4.78 is 15.9. The number of nitriles is 1. The molecular formula is C18H20N2O4. The van der Waals surface area contributed by atoms with Gasteiger partial charge in [0.15, 0.2) is 0 Å². The number of carbonyl (C=O) groups is 1. The van der Waals surface area contributed by atoms with Crippen molar-refractivity contribution in [3.8, 4) is 11.8 Å². The zero-order valence-electron chi connectivity index (χ0n) is 14.0. The molecule has 0 unspecified atom stereocenters. The van der Waals surface area contributed by atoms with Crippen LogP contribution in [0.25, 0.3) is 0 Å². The first-order valence-corrected chi connectivity index (χ1v) is 7.71. The van der Waals surface area contributed by atoms with Gasteiger partial charge in [0.25, 0.3) is 0 Å². The van der Waals surface area contributed by atoms with E-state index in [0.717, 1.165) is 5.56 Å². The molecule has 1 aliphatic rings. The summed E-state index contributed by atoms with van der Waals surface area (Å²) >= 11 is 0. The molecule has 1 atom stereocenters. The molecule has 0 bridgehead atoms. The fourth-order valence-electron chi connectivity index (χ4n) is 2.61. The molecule has 2 rings (SSSR count). The van der Waals surface area contributed by atoms with Crippen LogP contribution in [0.4, 0.5) is 0 Å². The molecule has 0 aliphatic carbocycles. The molecule has 0 aromatic heterocycles. The van der Waals surface area contributed by atoms with Crippen molar-refractivity contribution in [3.63, 3.8) is 0 Å². The van der Waals surface area contributed by atoms with Gasteiger partial charge in [0.05, 0.1) is 24.7 Å². The van der Waals surface area contributed by atoms with Gasteiger partial charge in [-0.3, -0.25) is 0 Å². The first kappa shape index (κ1) is 17.4. The van der Waals surface area contributed by atoms with Crippen LogP contribution in [0, 0.1) is 11.3 Å². The van der Waals surface area contributed by atoms with Crippen LogP contribution in [0.1, 0.15) is 32.3 Å². The molecule has 0 spiro atoms. The van der Waals surface area contributed by atoms with Gasteiger partial charge in [0.2, 0.25) is 5.88 Å². The molecule has 6 nitrogen and oxygen atoms in total. The van der Waals surface area contributed by atoms with E-state index < -0.39 is 11.9 Å². The second-order valence-corrected chi connectivity index (χ2v) is 5.12. The molecule has 0 saturated carbocycles. The fraction of sp³-hybridized carbons (Fsp3) is 0.333. The van der Waals surface area contributed by atoms with Crippen molar-refractivity contribution in [1.82, 2.24) is 0 Å². The van der Waals surface area contributed by atoms with Crippen LogP contribution in [-0.4, -0.2) is 19.2 Å². The summed E-state index contributed by atoms with van der Waals surface area (Å²) in [6, 6.07) is 9.23. The van der Waals surface area contributed by atoms with Crippen LogP contribution in [0.15, 0.2) is 47.1 Å². The molecule has 1 aromatic rings. The minimum Gasteiger partial charge on any atom is -0.494 e. The van der Waals surface area contributed by atoms with Crippen LogP contribution in [0.2, 0.25) is 0 Å². The first-order chi connectivity index (χ1) is 11.5. The Morgan fingerprint density at radius 3 is 2.50 bits per heavy atom. The van der Waals surface area contributed by atoms with Crippen molar-refractivity contribution in [2.75, 3.05) is 13.2 Å². The summed E-state index contributed by atoms with van der Waals surface area (Å²) in [5.74, 6) is -0.0967. The number of esters is 1. The maximum absolute atomic E-state index is 12.4. The summed E-state index contributed by atoms with van der Waals surface area (Å²) in [7, 11) is 0. The van der Waals surface area contributed by atoms with Gasteiger partial charge in [-0.1, -0.05) is 12.1 Å². The molecule has 0 saturated heterocycles. The monoisotopic (exact) mass is 328 g/mol. The maximum Gasteiger partial charge on any atom is 0.338 e. The molecule has 1 aliphatic heterocycles. The van der Waals surface area contributed by atoms with Crippen molar-refractivity contribution < 1.29 is 19.0 Å². The highest BCUT2D eigenvalue weighted by molar-refractivity contribution is 5.92. The predicted molar refractivity (Wildman–Crippen MR) is 87.6 cm³/mol. The van der Waals surface area contributed by atoms with Crippen LogP contribution < -0.4 is 10.5 Å². The Morgan fingerprint density at radius 1 is 1.29 bits per heavy atom. The molecule has 0 fully saturated rings. The SMILES string of the molecule is CCOC(=O)C1=C(C)OC(N)=C(C#N)[C@@H]1c1ccc(OCC)cc1. The average molecular weight is 328 g/mol. The fourth-order valence-corrected chi connectivity index (χ4v) is 2.61. The molecule has 0 amide bonds. The molecule has 1 aromatic carbocycles. The van der Waals surface area contributed by atoms with Gasteiger partial charge in [0, 0.05) is 0 Å². The van der Waals surface area contributed by atoms with E-state index in [-0.39, 0.29) is 23.6 Å². The van der Waals surface area contributed by atoms with E-state index in [0.29, 0.717) is 18.1 Å². The molecule has 1 heterocycles. The van der Waals surface area contributed by atoms with E-state index in [1.807, 2.05) is 13.0 Å². The van der Waals surface area contributed by atoms with Crippen molar-refractivity contribution in [2.24, 2.45) is 5.73 Å². The Bertz CT molecular complexity index is 726. The number of hydrogen-bond donors (Lipinski definition) is 1. The molecular weight excluding hydrogens is 308 g/mol. The Kier molecular flexibility index (Phi) is 5.48. The first-order valence-electron chi connectivity index (χ1n) is 7.71. The number of ether oxygens (including phenoxy) is 3. The van der Waals surface area contributed by atoms with E-state index in [4.69, 9.17) is 19.9 Å². The van der Waals surface area contributed by atoms with Gasteiger partial charge in [-0.05, 0) is 38.5 Å². The van der Waals surface area contributed by atoms with Crippen molar-refractivity contribution in [3.05, 3.63) is 52.6 Å². The summed E-state index contributed by atoms with van der Waals surface area (Å²) in [6.07, 6.45) is 0. The topological polar surface area (TPSA) is 94.6 Å². The Morgan fingerprint density at radius 2 is 1.96 bits per heavy atom. The molecule has 126 valence electrons. The van der Waals surface area contributed by atoms with E-state index in [1.54, 1.807) is 38.1 Å². The van der Waals surface area contributed by atoms with E-state index in [1.165, 1.54) is 0 Å². The highest BCUT2D eigenvalue weighted by atomic mass is 16.5. The minimum absolute atomic E-state index is 0.00179. The van der Waals surface area contributed by atoms with Gasteiger partial charge in [-0.25, -0.2) is 4.79 Å². The largest absolute Gasteiger partial charge is 0.494 e. The molecule has 6 heteroatoms. The predicted octanol–water partition coefficient (Wildman–Crippen LogP) is 2.73. The number of carbonyl (C=O) groups excluding carboxylic acids is 1. The standard InChI is InChI=1S/C18H20N2O4/c1-4-22-13-8-6-12(7-9-13)16-14(10-19)17(20)24-11(3)15(16)18(21)23-5-2/h6-9,16H,4-5,20H2,1-3H3/t16-/m0/s1. The third kappa shape index (κ3) is 3.35. The van der Waals surface area contributed by atoms with Gasteiger partial charge >= 0.3 is 5.97 Å². The minimum atomic E-state index is -0.626. The number of benzene rings is 1. The quantitative estimate of drug-likeness (QED) is 0.835. The number of rotatable bonds is 5. The second-order valence-electron chi connectivity index (χ2n) is 5.12. The second kappa shape index (κ2) is 7.55. The van der Waals surface area contributed by atoms with Gasteiger partial charge in [0.1, 0.15) is 23.2 Å². The zero-order valence-corrected chi connectivity index (χ0v) is 14.0. The number of nitrogens with two attached hydrogens (primary N) is 1. The summed E-state index contributed by atoms with van der Waals surface area (Å²) in [6.45, 7) is 6.04. The lowest BCUT2D eigenvalue weighted by Crippen LogP contribution is -2.25. The zero-order chi connectivity index (χ0) is 17.7. The highest BCUT2D eigenvalue weighted by Gasteiger charge is 2.36. The van der Waals surface area contributed by atoms with Gasteiger partial charge in [-0.2, -0.15) is 5.26 Å². The number of allylic oxidation sites excluding steroid dienone is 2. The molecule has 24 heavy (non-hydrogen) atoms. The summed E-state index contributed by atoms with van der Waals surface area (Å²) in [5, 5.41) is 9.48. The summed E-state index contributed by atoms with van der Waals surface area (Å²) in [5.41, 5.74) is 7.06. The lowest BCUT2D eigenvalue weighted by Gasteiger charge is -2.26. The smallest absolute Gasteiger partial charge is 0.338 e. The normalized spacial score (nSPS) is 17.2. The maximum atomic E-state index is 12.4. The third-order valence-electron chi connectivity index (χ3n) is 3.63. The Balaban J connectivity index is 2.51. The Hall–Kier alpha value is -2.94. The summed E-state index contributed by atoms with van der Waals surface area (Å²) in [4.78, 5) is 12.4. The van der Waals surface area contributed by atoms with Crippen LogP contribution in [0.5, 0.6) is 5.75 Å². The van der Waals surface area contributed by atoms with Crippen LogP contribution in [-0.2, 0) is 14.3 Å². The highest BCUT2D eigenvalue weighted by Crippen LogP contribution is 2.39. The van der Waals surface area contributed by atoms with Crippen LogP contribution in [0.3, 0.4) is 0 Å². The number of nitrogens with zero attached hydrogens (tertiary/aromatic N) is 1. The third-order valence-corrected chi connectivity index (χ3v) is 3.63. The number of hydrogen-bond acceptors (Lipinski definition) is 6. The van der Waals surface area contributed by atoms with Crippen LogP contribution >= 0.6 is 0 Å². The lowest BCUT2D eigenvalue weighted by atomic mass is 9.83.